The van der Waals surface area contributed by atoms with Crippen molar-refractivity contribution in [2.24, 2.45) is 5.92 Å². The molecule has 4 rings (SSSR count). The first-order valence-corrected chi connectivity index (χ1v) is 11.0. The SMILES string of the molecule is C=CC=C(F)C=C(F)CN1CC(Cn2cc(-c3nc4ncn(CCC)c(=O)c4[nH]3)cn2)CC1=O. The van der Waals surface area contributed by atoms with E-state index in [1.807, 2.05) is 6.92 Å². The summed E-state index contributed by atoms with van der Waals surface area (Å²) in [7, 11) is 0. The van der Waals surface area contributed by atoms with Crippen molar-refractivity contribution in [2.75, 3.05) is 13.1 Å². The van der Waals surface area contributed by atoms with Crippen LogP contribution < -0.4 is 5.56 Å². The maximum absolute atomic E-state index is 14.0. The topological polar surface area (TPSA) is 102 Å². The van der Waals surface area contributed by atoms with E-state index in [1.54, 1.807) is 21.6 Å². The highest BCUT2D eigenvalue weighted by Crippen LogP contribution is 2.23. The lowest BCUT2D eigenvalue weighted by atomic mass is 10.1. The van der Waals surface area contributed by atoms with Gasteiger partial charge >= 0.3 is 0 Å². The fraction of sp³-hybridized carbons (Fsp3) is 0.348. The maximum Gasteiger partial charge on any atom is 0.279 e. The number of hydrogen-bond acceptors (Lipinski definition) is 5. The quantitative estimate of drug-likeness (QED) is 0.485. The Balaban J connectivity index is 1.43. The van der Waals surface area contributed by atoms with E-state index in [1.165, 1.54) is 17.3 Å². The number of aromatic nitrogens is 6. The summed E-state index contributed by atoms with van der Waals surface area (Å²) in [5.41, 5.74) is 1.18. The molecule has 0 saturated carbocycles. The average Bonchev–Trinajstić information content (AvgIpc) is 3.50. The van der Waals surface area contributed by atoms with Crippen molar-refractivity contribution >= 4 is 17.1 Å². The zero-order valence-corrected chi connectivity index (χ0v) is 18.7. The summed E-state index contributed by atoms with van der Waals surface area (Å²) in [5, 5.41) is 4.34. The van der Waals surface area contributed by atoms with Gasteiger partial charge in [0.15, 0.2) is 11.2 Å². The van der Waals surface area contributed by atoms with Crippen molar-refractivity contribution in [3.05, 3.63) is 65.5 Å². The summed E-state index contributed by atoms with van der Waals surface area (Å²) in [6.45, 7) is 6.42. The largest absolute Gasteiger partial charge is 0.336 e. The van der Waals surface area contributed by atoms with Gasteiger partial charge in [-0.3, -0.25) is 18.8 Å². The zero-order chi connectivity index (χ0) is 24.2. The van der Waals surface area contributed by atoms with E-state index in [-0.39, 0.29) is 30.3 Å². The van der Waals surface area contributed by atoms with Crippen LogP contribution in [0.25, 0.3) is 22.6 Å². The molecule has 4 heterocycles. The molecule has 3 aromatic heterocycles. The molecule has 0 aromatic carbocycles. The second-order valence-electron chi connectivity index (χ2n) is 8.20. The summed E-state index contributed by atoms with van der Waals surface area (Å²) in [5.74, 6) is -1.28. The van der Waals surface area contributed by atoms with Crippen LogP contribution in [0.2, 0.25) is 0 Å². The van der Waals surface area contributed by atoms with Crippen molar-refractivity contribution in [1.82, 2.24) is 34.2 Å². The molecule has 0 bridgehead atoms. The number of H-pyrrole nitrogens is 1. The molecule has 3 aromatic rings. The monoisotopic (exact) mass is 469 g/mol. The van der Waals surface area contributed by atoms with Gasteiger partial charge in [0.2, 0.25) is 5.91 Å². The van der Waals surface area contributed by atoms with E-state index in [2.05, 4.69) is 26.6 Å². The van der Waals surface area contributed by atoms with Gasteiger partial charge in [0.25, 0.3) is 5.56 Å². The highest BCUT2D eigenvalue weighted by Gasteiger charge is 2.30. The molecule has 178 valence electrons. The molecular weight excluding hydrogens is 444 g/mol. The molecule has 0 spiro atoms. The van der Waals surface area contributed by atoms with Crippen LogP contribution in [-0.4, -0.2) is 53.2 Å². The number of allylic oxidation sites excluding steroid dienone is 4. The van der Waals surface area contributed by atoms with E-state index >= 15 is 0 Å². The number of amides is 1. The number of nitrogens with one attached hydrogen (secondary N) is 1. The smallest absolute Gasteiger partial charge is 0.279 e. The van der Waals surface area contributed by atoms with Gasteiger partial charge in [0.1, 0.15) is 23.8 Å². The van der Waals surface area contributed by atoms with Crippen molar-refractivity contribution in [2.45, 2.75) is 32.9 Å². The fourth-order valence-corrected chi connectivity index (χ4v) is 3.98. The van der Waals surface area contributed by atoms with E-state index in [0.717, 1.165) is 18.6 Å². The normalized spacial score (nSPS) is 17.2. The van der Waals surface area contributed by atoms with Gasteiger partial charge in [0.05, 0.1) is 18.3 Å². The molecule has 1 unspecified atom stereocenters. The summed E-state index contributed by atoms with van der Waals surface area (Å²) in [6, 6.07) is 0. The van der Waals surface area contributed by atoms with Crippen LogP contribution in [0.4, 0.5) is 8.78 Å². The minimum absolute atomic E-state index is 0.0693. The Morgan fingerprint density at radius 3 is 2.94 bits per heavy atom. The number of carbonyl (C=O) groups is 1. The number of carbonyl (C=O) groups excluding carboxylic acids is 1. The number of likely N-dealkylation sites (tertiary alicyclic amines) is 1. The molecule has 1 atom stereocenters. The summed E-state index contributed by atoms with van der Waals surface area (Å²) >= 11 is 0. The molecule has 1 aliphatic rings. The number of hydrogen-bond donors (Lipinski definition) is 1. The van der Waals surface area contributed by atoms with Gasteiger partial charge in [-0.05, 0) is 12.5 Å². The standard InChI is InChI=1S/C23H25F2N7O2/c1-3-5-17(24)8-18(25)13-31-10-15(7-19(31)33)11-32-12-16(9-27-32)21-28-20-22(29-21)26-14-30(6-4-2)23(20)34/h3,5,8-9,12,14-15H,1,4,6-7,10-11,13H2,2H3,(H,28,29). The predicted octanol–water partition coefficient (Wildman–Crippen LogP) is 3.13. The molecule has 1 saturated heterocycles. The lowest BCUT2D eigenvalue weighted by Crippen LogP contribution is -2.27. The number of fused-ring (bicyclic) bond motifs is 1. The van der Waals surface area contributed by atoms with Crippen molar-refractivity contribution in [3.63, 3.8) is 0 Å². The van der Waals surface area contributed by atoms with E-state index in [9.17, 15) is 18.4 Å². The number of halogens is 2. The van der Waals surface area contributed by atoms with Crippen LogP contribution in [-0.2, 0) is 17.9 Å². The number of aryl methyl sites for hydroxylation is 1. The van der Waals surface area contributed by atoms with Crippen LogP contribution in [0.15, 0.2) is 60.0 Å². The lowest BCUT2D eigenvalue weighted by molar-refractivity contribution is -0.127. The third kappa shape index (κ3) is 5.03. The summed E-state index contributed by atoms with van der Waals surface area (Å²) in [4.78, 5) is 37.9. The number of imidazole rings is 1. The molecular formula is C23H25F2N7O2. The highest BCUT2D eigenvalue weighted by molar-refractivity contribution is 5.79. The Bertz CT molecular complexity index is 1330. The highest BCUT2D eigenvalue weighted by atomic mass is 19.1. The molecule has 1 fully saturated rings. The van der Waals surface area contributed by atoms with E-state index in [0.29, 0.717) is 42.2 Å². The van der Waals surface area contributed by atoms with Gasteiger partial charge in [-0.15, -0.1) is 0 Å². The molecule has 0 aliphatic carbocycles. The van der Waals surface area contributed by atoms with E-state index < -0.39 is 11.7 Å². The Kier molecular flexibility index (Phi) is 6.80. The van der Waals surface area contributed by atoms with Gasteiger partial charge < -0.3 is 9.88 Å². The number of aromatic amines is 1. The molecule has 0 radical (unpaired) electrons. The van der Waals surface area contributed by atoms with Crippen LogP contribution in [0.5, 0.6) is 0 Å². The van der Waals surface area contributed by atoms with Gasteiger partial charge in [0, 0.05) is 44.2 Å². The van der Waals surface area contributed by atoms with Gasteiger partial charge in [-0.25, -0.2) is 18.7 Å². The lowest BCUT2D eigenvalue weighted by Gasteiger charge is -2.15. The minimum Gasteiger partial charge on any atom is -0.336 e. The van der Waals surface area contributed by atoms with Crippen molar-refractivity contribution < 1.29 is 13.6 Å². The Morgan fingerprint density at radius 1 is 1.35 bits per heavy atom. The van der Waals surface area contributed by atoms with Gasteiger partial charge in [-0.2, -0.15) is 5.10 Å². The fourth-order valence-electron chi connectivity index (χ4n) is 3.98. The Labute approximate surface area is 194 Å². The first-order valence-electron chi connectivity index (χ1n) is 11.0. The summed E-state index contributed by atoms with van der Waals surface area (Å²) in [6.07, 6.45) is 8.96. The van der Waals surface area contributed by atoms with Gasteiger partial charge in [-0.1, -0.05) is 19.6 Å². The molecule has 34 heavy (non-hydrogen) atoms. The third-order valence-corrected chi connectivity index (χ3v) is 5.50. The Morgan fingerprint density at radius 2 is 2.18 bits per heavy atom. The average molecular weight is 469 g/mol. The number of rotatable bonds is 9. The first-order chi connectivity index (χ1) is 16.4. The molecule has 11 heteroatoms. The maximum atomic E-state index is 14.0. The van der Waals surface area contributed by atoms with Crippen molar-refractivity contribution in [1.29, 1.82) is 0 Å². The molecule has 1 aliphatic heterocycles. The van der Waals surface area contributed by atoms with Crippen molar-refractivity contribution in [3.8, 4) is 11.4 Å². The van der Waals surface area contributed by atoms with Crippen LogP contribution in [0, 0.1) is 5.92 Å². The second kappa shape index (κ2) is 9.94. The van der Waals surface area contributed by atoms with E-state index in [4.69, 9.17) is 0 Å². The van der Waals surface area contributed by atoms with Crippen LogP contribution in [0.3, 0.4) is 0 Å². The molecule has 1 amide bonds. The number of nitrogens with zero attached hydrogens (tertiary/aromatic N) is 6. The minimum atomic E-state index is -0.759. The summed E-state index contributed by atoms with van der Waals surface area (Å²) < 4.78 is 30.7. The molecule has 9 nitrogen and oxygen atoms in total. The Hall–Kier alpha value is -3.89. The second-order valence-corrected chi connectivity index (χ2v) is 8.20. The zero-order valence-electron chi connectivity index (χ0n) is 18.7. The van der Waals surface area contributed by atoms with Crippen LogP contribution >= 0.6 is 0 Å². The molecule has 1 N–H and O–H groups in total. The predicted molar refractivity (Wildman–Crippen MR) is 123 cm³/mol. The van der Waals surface area contributed by atoms with Crippen LogP contribution in [0.1, 0.15) is 19.8 Å². The third-order valence-electron chi connectivity index (χ3n) is 5.50. The first kappa shape index (κ1) is 23.3.